The number of H-pyrrole nitrogens is 1. The van der Waals surface area contributed by atoms with E-state index in [1.54, 1.807) is 6.20 Å². The lowest BCUT2D eigenvalue weighted by atomic mass is 10.0. The van der Waals surface area contributed by atoms with Gasteiger partial charge < -0.3 is 0 Å². The van der Waals surface area contributed by atoms with Gasteiger partial charge >= 0.3 is 0 Å². The maximum atomic E-state index is 5.63. The number of fused-ring (bicyclic) bond motifs is 1. The molecular formula is C12H12N6. The molecular weight excluding hydrogens is 228 g/mol. The number of aromatic amines is 1. The summed E-state index contributed by atoms with van der Waals surface area (Å²) in [5, 5.41) is 7.72. The molecule has 0 fully saturated rings. The number of nitrogens with zero attached hydrogens (tertiary/aromatic N) is 3. The Morgan fingerprint density at radius 2 is 2.11 bits per heavy atom. The molecule has 0 saturated carbocycles. The lowest BCUT2D eigenvalue weighted by molar-refractivity contribution is 0.608. The van der Waals surface area contributed by atoms with E-state index >= 15 is 0 Å². The number of hydrogen-bond acceptors (Lipinski definition) is 5. The second kappa shape index (κ2) is 4.52. The SMILES string of the molecule is NNC(c1ncn[nH]1)c1cccc2ncccc12. The summed E-state index contributed by atoms with van der Waals surface area (Å²) < 4.78 is 0. The quantitative estimate of drug-likeness (QED) is 0.467. The summed E-state index contributed by atoms with van der Waals surface area (Å²) in [7, 11) is 0. The molecule has 1 unspecified atom stereocenters. The van der Waals surface area contributed by atoms with Crippen LogP contribution in [0.5, 0.6) is 0 Å². The standard InChI is InChI=1S/C12H12N6/c13-17-11(12-15-7-16-18-12)9-3-1-5-10-8(9)4-2-6-14-10/h1-7,11,17H,13H2,(H,15,16,18). The first-order valence-electron chi connectivity index (χ1n) is 5.55. The van der Waals surface area contributed by atoms with Crippen molar-refractivity contribution in [2.24, 2.45) is 5.84 Å². The Balaban J connectivity index is 2.18. The average Bonchev–Trinajstić information content (AvgIpc) is 2.94. The Morgan fingerprint density at radius 3 is 2.89 bits per heavy atom. The molecule has 0 amide bonds. The first-order chi connectivity index (χ1) is 8.90. The summed E-state index contributed by atoms with van der Waals surface area (Å²) in [4.78, 5) is 8.47. The van der Waals surface area contributed by atoms with E-state index < -0.39 is 0 Å². The maximum Gasteiger partial charge on any atom is 0.147 e. The third kappa shape index (κ3) is 1.73. The predicted molar refractivity (Wildman–Crippen MR) is 67.3 cm³/mol. The molecule has 6 heteroatoms. The molecule has 0 bridgehead atoms. The fourth-order valence-electron chi connectivity index (χ4n) is 2.05. The van der Waals surface area contributed by atoms with E-state index in [0.29, 0.717) is 5.82 Å². The van der Waals surface area contributed by atoms with E-state index in [-0.39, 0.29) is 6.04 Å². The average molecular weight is 240 g/mol. The van der Waals surface area contributed by atoms with Gasteiger partial charge in [-0.2, -0.15) is 5.10 Å². The van der Waals surface area contributed by atoms with Gasteiger partial charge in [-0.1, -0.05) is 18.2 Å². The van der Waals surface area contributed by atoms with Crippen molar-refractivity contribution in [3.05, 3.63) is 54.2 Å². The van der Waals surface area contributed by atoms with E-state index in [4.69, 9.17) is 5.84 Å². The molecule has 0 aliphatic heterocycles. The molecule has 90 valence electrons. The first-order valence-corrected chi connectivity index (χ1v) is 5.55. The molecule has 2 aromatic heterocycles. The van der Waals surface area contributed by atoms with Gasteiger partial charge in [-0.05, 0) is 17.7 Å². The summed E-state index contributed by atoms with van der Waals surface area (Å²) in [6, 6.07) is 9.59. The van der Waals surface area contributed by atoms with Gasteiger partial charge in [-0.3, -0.25) is 15.9 Å². The Morgan fingerprint density at radius 1 is 1.17 bits per heavy atom. The van der Waals surface area contributed by atoms with Gasteiger partial charge in [0.1, 0.15) is 18.2 Å². The van der Waals surface area contributed by atoms with Crippen molar-refractivity contribution in [3.8, 4) is 0 Å². The maximum absolute atomic E-state index is 5.63. The largest absolute Gasteiger partial charge is 0.270 e. The monoisotopic (exact) mass is 240 g/mol. The van der Waals surface area contributed by atoms with Crippen molar-refractivity contribution in [1.29, 1.82) is 0 Å². The van der Waals surface area contributed by atoms with Crippen LogP contribution in [0.1, 0.15) is 17.4 Å². The Labute approximate surface area is 103 Å². The topological polar surface area (TPSA) is 92.5 Å². The van der Waals surface area contributed by atoms with Gasteiger partial charge in [0.2, 0.25) is 0 Å². The zero-order valence-electron chi connectivity index (χ0n) is 9.54. The highest BCUT2D eigenvalue weighted by Crippen LogP contribution is 2.25. The first kappa shape index (κ1) is 10.8. The lowest BCUT2D eigenvalue weighted by Gasteiger charge is -2.15. The third-order valence-electron chi connectivity index (χ3n) is 2.86. The van der Waals surface area contributed by atoms with Crippen LogP contribution in [-0.2, 0) is 0 Å². The number of pyridine rings is 1. The Hall–Kier alpha value is -2.31. The molecule has 1 atom stereocenters. The third-order valence-corrected chi connectivity index (χ3v) is 2.86. The van der Waals surface area contributed by atoms with Crippen molar-refractivity contribution in [2.45, 2.75) is 6.04 Å². The van der Waals surface area contributed by atoms with Crippen molar-refractivity contribution < 1.29 is 0 Å². The van der Waals surface area contributed by atoms with E-state index in [9.17, 15) is 0 Å². The van der Waals surface area contributed by atoms with Gasteiger partial charge in [0.05, 0.1) is 5.52 Å². The van der Waals surface area contributed by atoms with E-state index in [2.05, 4.69) is 25.6 Å². The molecule has 2 heterocycles. The number of nitrogens with two attached hydrogens (primary N) is 1. The Kier molecular flexibility index (Phi) is 2.71. The smallest absolute Gasteiger partial charge is 0.147 e. The van der Waals surface area contributed by atoms with Gasteiger partial charge in [-0.15, -0.1) is 0 Å². The minimum atomic E-state index is -0.236. The molecule has 3 aromatic rings. The second-order valence-corrected chi connectivity index (χ2v) is 3.89. The molecule has 4 N–H and O–H groups in total. The summed E-state index contributed by atoms with van der Waals surface area (Å²) in [5.74, 6) is 6.30. The molecule has 0 spiro atoms. The van der Waals surface area contributed by atoms with Crippen molar-refractivity contribution in [3.63, 3.8) is 0 Å². The molecule has 18 heavy (non-hydrogen) atoms. The molecule has 1 aromatic carbocycles. The van der Waals surface area contributed by atoms with Gasteiger partial charge in [-0.25, -0.2) is 10.4 Å². The van der Waals surface area contributed by atoms with Gasteiger partial charge in [0.25, 0.3) is 0 Å². The summed E-state index contributed by atoms with van der Waals surface area (Å²) in [6.07, 6.45) is 3.23. The molecule has 0 radical (unpaired) electrons. The van der Waals surface area contributed by atoms with Crippen LogP contribution >= 0.6 is 0 Å². The van der Waals surface area contributed by atoms with Crippen LogP contribution in [0.15, 0.2) is 42.9 Å². The van der Waals surface area contributed by atoms with E-state index in [1.165, 1.54) is 6.33 Å². The summed E-state index contributed by atoms with van der Waals surface area (Å²) in [6.45, 7) is 0. The van der Waals surface area contributed by atoms with Gasteiger partial charge in [0.15, 0.2) is 0 Å². The zero-order chi connectivity index (χ0) is 12.4. The fourth-order valence-corrected chi connectivity index (χ4v) is 2.05. The highest BCUT2D eigenvalue weighted by atomic mass is 15.3. The number of hydrogen-bond donors (Lipinski definition) is 3. The highest BCUT2D eigenvalue weighted by Gasteiger charge is 2.17. The van der Waals surface area contributed by atoms with Crippen molar-refractivity contribution in [2.75, 3.05) is 0 Å². The molecule has 0 saturated heterocycles. The number of rotatable bonds is 3. The van der Waals surface area contributed by atoms with Crippen LogP contribution in [0.25, 0.3) is 10.9 Å². The zero-order valence-corrected chi connectivity index (χ0v) is 9.54. The minimum absolute atomic E-state index is 0.236. The Bertz CT molecular complexity index is 643. The predicted octanol–water partition coefficient (Wildman–Crippen LogP) is 0.906. The van der Waals surface area contributed by atoms with Crippen LogP contribution in [0, 0.1) is 0 Å². The number of hydrazine groups is 1. The number of benzene rings is 1. The second-order valence-electron chi connectivity index (χ2n) is 3.89. The van der Waals surface area contributed by atoms with Crippen LogP contribution in [0.3, 0.4) is 0 Å². The highest BCUT2D eigenvalue weighted by molar-refractivity contribution is 5.82. The normalized spacial score (nSPS) is 12.7. The van der Waals surface area contributed by atoms with Crippen molar-refractivity contribution >= 4 is 10.9 Å². The van der Waals surface area contributed by atoms with Crippen LogP contribution in [-0.4, -0.2) is 20.2 Å². The van der Waals surface area contributed by atoms with Crippen LogP contribution < -0.4 is 11.3 Å². The van der Waals surface area contributed by atoms with E-state index in [0.717, 1.165) is 16.5 Å². The van der Waals surface area contributed by atoms with Crippen LogP contribution in [0.2, 0.25) is 0 Å². The van der Waals surface area contributed by atoms with Crippen molar-refractivity contribution in [1.82, 2.24) is 25.6 Å². The molecule has 0 aliphatic rings. The minimum Gasteiger partial charge on any atom is -0.270 e. The van der Waals surface area contributed by atoms with Gasteiger partial charge in [0, 0.05) is 11.6 Å². The summed E-state index contributed by atoms with van der Waals surface area (Å²) >= 11 is 0. The molecule has 0 aliphatic carbocycles. The van der Waals surface area contributed by atoms with Crippen LogP contribution in [0.4, 0.5) is 0 Å². The molecule has 6 nitrogen and oxygen atoms in total. The van der Waals surface area contributed by atoms with E-state index in [1.807, 2.05) is 30.3 Å². The fraction of sp³-hybridized carbons (Fsp3) is 0.0833. The number of aromatic nitrogens is 4. The molecule has 3 rings (SSSR count). The summed E-state index contributed by atoms with van der Waals surface area (Å²) in [5.41, 5.74) is 4.69. The lowest BCUT2D eigenvalue weighted by Crippen LogP contribution is -2.29. The number of nitrogens with one attached hydrogen (secondary N) is 2.